The highest BCUT2D eigenvalue weighted by Gasteiger charge is 2.39. The third-order valence-corrected chi connectivity index (χ3v) is 4.31. The van der Waals surface area contributed by atoms with Crippen LogP contribution in [-0.4, -0.2) is 14.8 Å². The lowest BCUT2D eigenvalue weighted by Crippen LogP contribution is -2.17. The van der Waals surface area contributed by atoms with Crippen LogP contribution in [0.3, 0.4) is 0 Å². The van der Waals surface area contributed by atoms with Gasteiger partial charge in [-0.2, -0.15) is 0 Å². The minimum Gasteiger partial charge on any atom is -0.252 e. The standard InChI is InChI=1S/C10H14IN3/c11-10-12-6-14(13-10)5-9-4-7-1-2-8(9)3-7/h6-9H,1-5H2. The van der Waals surface area contributed by atoms with Crippen LogP contribution < -0.4 is 0 Å². The second-order valence-electron chi connectivity index (χ2n) is 4.67. The van der Waals surface area contributed by atoms with Gasteiger partial charge in [-0.05, 0) is 37.0 Å². The van der Waals surface area contributed by atoms with Gasteiger partial charge in [0.25, 0.3) is 0 Å². The fourth-order valence-electron chi connectivity index (χ4n) is 3.20. The first-order valence-electron chi connectivity index (χ1n) is 5.36. The molecule has 1 aromatic rings. The smallest absolute Gasteiger partial charge is 0.211 e. The normalized spacial score (nSPS) is 35.4. The zero-order chi connectivity index (χ0) is 9.54. The van der Waals surface area contributed by atoms with Crippen LogP contribution in [0.2, 0.25) is 0 Å². The highest BCUT2D eigenvalue weighted by atomic mass is 127. The van der Waals surface area contributed by atoms with Crippen molar-refractivity contribution in [1.29, 1.82) is 0 Å². The molecule has 0 aliphatic heterocycles. The van der Waals surface area contributed by atoms with Crippen LogP contribution in [0, 0.1) is 21.6 Å². The minimum atomic E-state index is 0.866. The molecule has 2 bridgehead atoms. The Morgan fingerprint density at radius 2 is 2.36 bits per heavy atom. The van der Waals surface area contributed by atoms with Crippen LogP contribution in [0.25, 0.3) is 0 Å². The van der Waals surface area contributed by atoms with Crippen LogP contribution in [0.4, 0.5) is 0 Å². The van der Waals surface area contributed by atoms with Crippen LogP contribution in [0.15, 0.2) is 6.33 Å². The van der Waals surface area contributed by atoms with E-state index in [1.807, 2.05) is 11.0 Å². The zero-order valence-electron chi connectivity index (χ0n) is 8.06. The van der Waals surface area contributed by atoms with Crippen molar-refractivity contribution in [2.24, 2.45) is 17.8 Å². The molecule has 0 spiro atoms. The van der Waals surface area contributed by atoms with Crippen molar-refractivity contribution in [3.8, 4) is 0 Å². The Morgan fingerprint density at radius 3 is 2.93 bits per heavy atom. The summed E-state index contributed by atoms with van der Waals surface area (Å²) in [6.07, 6.45) is 7.72. The number of hydrogen-bond donors (Lipinski definition) is 0. The van der Waals surface area contributed by atoms with Crippen molar-refractivity contribution < 1.29 is 0 Å². The van der Waals surface area contributed by atoms with Gasteiger partial charge in [-0.25, -0.2) is 4.98 Å². The summed E-state index contributed by atoms with van der Waals surface area (Å²) >= 11 is 2.17. The Morgan fingerprint density at radius 1 is 1.43 bits per heavy atom. The maximum absolute atomic E-state index is 4.35. The second kappa shape index (κ2) is 3.47. The maximum atomic E-state index is 4.35. The minimum absolute atomic E-state index is 0.866. The molecular formula is C10H14IN3. The van der Waals surface area contributed by atoms with E-state index in [4.69, 9.17) is 0 Å². The summed E-state index contributed by atoms with van der Waals surface area (Å²) in [6, 6.07) is 0. The van der Waals surface area contributed by atoms with E-state index in [1.165, 1.54) is 25.7 Å². The third-order valence-electron chi connectivity index (χ3n) is 3.81. The van der Waals surface area contributed by atoms with Gasteiger partial charge < -0.3 is 0 Å². The molecule has 2 fully saturated rings. The number of rotatable bonds is 2. The topological polar surface area (TPSA) is 30.7 Å². The zero-order valence-corrected chi connectivity index (χ0v) is 10.2. The second-order valence-corrected chi connectivity index (χ2v) is 5.64. The molecule has 1 aromatic heterocycles. The highest BCUT2D eigenvalue weighted by molar-refractivity contribution is 14.1. The molecule has 0 radical (unpaired) electrons. The molecule has 3 nitrogen and oxygen atoms in total. The lowest BCUT2D eigenvalue weighted by molar-refractivity contribution is 0.285. The van der Waals surface area contributed by atoms with Gasteiger partial charge in [0, 0.05) is 29.1 Å². The molecule has 2 saturated carbocycles. The van der Waals surface area contributed by atoms with E-state index >= 15 is 0 Å². The average Bonchev–Trinajstić information content (AvgIpc) is 2.82. The van der Waals surface area contributed by atoms with Crippen LogP contribution >= 0.6 is 22.6 Å². The van der Waals surface area contributed by atoms with Crippen molar-refractivity contribution >= 4 is 22.6 Å². The predicted molar refractivity (Wildman–Crippen MR) is 61.7 cm³/mol. The Hall–Kier alpha value is -0.130. The predicted octanol–water partition coefficient (Wildman–Crippen LogP) is 2.32. The summed E-state index contributed by atoms with van der Waals surface area (Å²) in [5, 5.41) is 4.35. The monoisotopic (exact) mass is 303 g/mol. The van der Waals surface area contributed by atoms with E-state index in [9.17, 15) is 0 Å². The summed E-state index contributed by atoms with van der Waals surface area (Å²) in [5.41, 5.74) is 0. The third kappa shape index (κ3) is 1.57. The Kier molecular flexibility index (Phi) is 2.26. The first-order chi connectivity index (χ1) is 6.81. The van der Waals surface area contributed by atoms with E-state index in [2.05, 4.69) is 32.7 Å². The molecule has 1 heterocycles. The summed E-state index contributed by atoms with van der Waals surface area (Å²) in [6.45, 7) is 1.09. The first kappa shape index (κ1) is 9.12. The summed E-state index contributed by atoms with van der Waals surface area (Å²) < 4.78 is 2.89. The molecule has 0 aromatic carbocycles. The van der Waals surface area contributed by atoms with Gasteiger partial charge in [0.05, 0.1) is 0 Å². The number of hydrogen-bond acceptors (Lipinski definition) is 2. The first-order valence-corrected chi connectivity index (χ1v) is 6.44. The maximum Gasteiger partial charge on any atom is 0.211 e. The molecule has 3 unspecified atom stereocenters. The fourth-order valence-corrected chi connectivity index (χ4v) is 3.60. The van der Waals surface area contributed by atoms with Crippen LogP contribution in [-0.2, 0) is 6.54 Å². The van der Waals surface area contributed by atoms with E-state index in [-0.39, 0.29) is 0 Å². The molecule has 14 heavy (non-hydrogen) atoms. The molecule has 76 valence electrons. The Labute approximate surface area is 97.4 Å². The molecule has 0 saturated heterocycles. The molecule has 2 aliphatic carbocycles. The van der Waals surface area contributed by atoms with Gasteiger partial charge in [0.1, 0.15) is 6.33 Å². The van der Waals surface area contributed by atoms with Crippen LogP contribution in [0.1, 0.15) is 25.7 Å². The van der Waals surface area contributed by atoms with E-state index in [0.29, 0.717) is 0 Å². The fraction of sp³-hybridized carbons (Fsp3) is 0.800. The van der Waals surface area contributed by atoms with E-state index in [1.54, 1.807) is 0 Å². The number of nitrogens with zero attached hydrogens (tertiary/aromatic N) is 3. The summed E-state index contributed by atoms with van der Waals surface area (Å²) in [4.78, 5) is 4.16. The Balaban J connectivity index is 1.68. The van der Waals surface area contributed by atoms with Crippen molar-refractivity contribution in [2.45, 2.75) is 32.2 Å². The average molecular weight is 303 g/mol. The largest absolute Gasteiger partial charge is 0.252 e. The summed E-state index contributed by atoms with van der Waals surface area (Å²) in [7, 11) is 0. The molecule has 3 atom stereocenters. The molecule has 4 heteroatoms. The van der Waals surface area contributed by atoms with Gasteiger partial charge in [-0.15, -0.1) is 5.10 Å². The van der Waals surface area contributed by atoms with Gasteiger partial charge in [0.15, 0.2) is 0 Å². The number of aromatic nitrogens is 3. The van der Waals surface area contributed by atoms with Crippen molar-refractivity contribution in [3.63, 3.8) is 0 Å². The highest BCUT2D eigenvalue weighted by Crippen LogP contribution is 2.48. The lowest BCUT2D eigenvalue weighted by Gasteiger charge is -2.20. The summed E-state index contributed by atoms with van der Waals surface area (Å²) in [5.74, 6) is 2.90. The van der Waals surface area contributed by atoms with E-state index in [0.717, 1.165) is 28.1 Å². The van der Waals surface area contributed by atoms with Crippen molar-refractivity contribution in [1.82, 2.24) is 14.8 Å². The molecule has 0 amide bonds. The van der Waals surface area contributed by atoms with Crippen molar-refractivity contribution in [3.05, 3.63) is 10.2 Å². The van der Waals surface area contributed by atoms with Gasteiger partial charge in [-0.1, -0.05) is 6.42 Å². The Bertz CT molecular complexity index is 336. The molecule has 3 rings (SSSR count). The molecule has 0 N–H and O–H groups in total. The van der Waals surface area contributed by atoms with Crippen molar-refractivity contribution in [2.75, 3.05) is 0 Å². The van der Waals surface area contributed by atoms with Gasteiger partial charge in [0.2, 0.25) is 3.83 Å². The van der Waals surface area contributed by atoms with E-state index < -0.39 is 0 Å². The molecular weight excluding hydrogens is 289 g/mol. The van der Waals surface area contributed by atoms with Crippen LogP contribution in [0.5, 0.6) is 0 Å². The number of fused-ring (bicyclic) bond motifs is 2. The van der Waals surface area contributed by atoms with Gasteiger partial charge in [-0.3, -0.25) is 4.68 Å². The number of halogens is 1. The quantitative estimate of drug-likeness (QED) is 0.785. The van der Waals surface area contributed by atoms with Gasteiger partial charge >= 0.3 is 0 Å². The SMILES string of the molecule is Ic1ncn(CC2CC3CCC2C3)n1. The lowest BCUT2D eigenvalue weighted by atomic mass is 9.89. The molecule has 2 aliphatic rings.